The summed E-state index contributed by atoms with van der Waals surface area (Å²) in [5, 5.41) is 59.8. The predicted molar refractivity (Wildman–Crippen MR) is 276 cm³/mol. The van der Waals surface area contributed by atoms with E-state index in [9.17, 15) is 54.3 Å². The van der Waals surface area contributed by atoms with Crippen LogP contribution in [0.4, 0.5) is 0 Å². The summed E-state index contributed by atoms with van der Waals surface area (Å²) in [6.07, 6.45) is -20.4. The summed E-state index contributed by atoms with van der Waals surface area (Å²) in [6, 6.07) is 22.0. The van der Waals surface area contributed by atoms with Gasteiger partial charge in [-0.15, -0.1) is 0 Å². The number of ketones is 1. The molecule has 436 valence electrons. The number of Topliss-reactive ketones (excluding diaryl/α,β-unsaturated/α-hetero) is 1. The number of rotatable bonds is 18. The van der Waals surface area contributed by atoms with Gasteiger partial charge >= 0.3 is 35.8 Å². The van der Waals surface area contributed by atoms with E-state index in [4.69, 9.17) is 42.6 Å². The largest absolute Gasteiger partial charge is 0.479 e. The Hall–Kier alpha value is -6.96. The summed E-state index contributed by atoms with van der Waals surface area (Å²) < 4.78 is 53.0. The highest BCUT2D eigenvalue weighted by Crippen LogP contribution is 2.64. The number of aliphatic carboxylic acids is 1. The van der Waals surface area contributed by atoms with Crippen molar-refractivity contribution in [1.29, 1.82) is 0 Å². The first-order valence-electron chi connectivity index (χ1n) is 26.4. The molecule has 0 unspecified atom stereocenters. The summed E-state index contributed by atoms with van der Waals surface area (Å²) >= 11 is 0. The average Bonchev–Trinajstić information content (AvgIpc) is 1.34. The molecule has 2 saturated carbocycles. The monoisotopic (exact) mass is 1130 g/mol. The van der Waals surface area contributed by atoms with E-state index in [0.717, 1.165) is 21.0 Å². The van der Waals surface area contributed by atoms with Gasteiger partial charge in [-0.3, -0.25) is 24.0 Å². The topological polar surface area (TPSA) is 333 Å². The van der Waals surface area contributed by atoms with Crippen molar-refractivity contribution in [3.05, 3.63) is 119 Å². The molecule has 6 N–H and O–H groups in total. The van der Waals surface area contributed by atoms with E-state index in [0.29, 0.717) is 0 Å². The number of carbonyl (C=O) groups excluding carboxylic acids is 7. The van der Waals surface area contributed by atoms with Gasteiger partial charge in [0.15, 0.2) is 29.9 Å². The van der Waals surface area contributed by atoms with Crippen LogP contribution in [0.5, 0.6) is 0 Å². The third kappa shape index (κ3) is 11.2. The van der Waals surface area contributed by atoms with Crippen molar-refractivity contribution in [1.82, 2.24) is 5.32 Å². The van der Waals surface area contributed by atoms with Crippen molar-refractivity contribution in [3.8, 4) is 0 Å². The maximum Gasteiger partial charge on any atom is 0.350 e. The van der Waals surface area contributed by atoms with E-state index in [1.807, 2.05) is 0 Å². The molecule has 23 nitrogen and oxygen atoms in total. The van der Waals surface area contributed by atoms with Gasteiger partial charge in [-0.1, -0.05) is 80.6 Å². The number of hydrogen-bond donors (Lipinski definition) is 6. The van der Waals surface area contributed by atoms with Crippen LogP contribution in [-0.4, -0.2) is 172 Å². The number of nitrogens with one attached hydrogen (secondary N) is 1. The molecule has 5 aliphatic rings. The molecule has 3 aromatic rings. The van der Waals surface area contributed by atoms with Gasteiger partial charge in [0.25, 0.3) is 5.91 Å². The minimum Gasteiger partial charge on any atom is -0.479 e. The fourth-order valence-electron chi connectivity index (χ4n) is 12.3. The first-order valence-corrected chi connectivity index (χ1v) is 26.4. The normalized spacial score (nSPS) is 32.8. The average molecular weight is 1130 g/mol. The number of carbonyl (C=O) groups is 8. The van der Waals surface area contributed by atoms with Crippen LogP contribution in [0.15, 0.2) is 102 Å². The van der Waals surface area contributed by atoms with Crippen molar-refractivity contribution in [2.24, 2.45) is 16.7 Å². The second kappa shape index (κ2) is 23.9. The lowest BCUT2D eigenvalue weighted by Gasteiger charge is -2.67. The lowest BCUT2D eigenvalue weighted by molar-refractivity contribution is -0.346. The van der Waals surface area contributed by atoms with Crippen LogP contribution in [0, 0.1) is 16.7 Å². The highest BCUT2D eigenvalue weighted by atomic mass is 16.7. The Morgan fingerprint density at radius 2 is 1.43 bits per heavy atom. The van der Waals surface area contributed by atoms with E-state index in [1.165, 1.54) is 52.0 Å². The zero-order chi connectivity index (χ0) is 58.9. The van der Waals surface area contributed by atoms with Crippen LogP contribution in [-0.2, 0) is 71.4 Å². The number of hydrogen-bond acceptors (Lipinski definition) is 21. The Balaban J connectivity index is 1.21. The van der Waals surface area contributed by atoms with Crippen molar-refractivity contribution >= 4 is 47.5 Å². The van der Waals surface area contributed by atoms with Gasteiger partial charge in [-0.25, -0.2) is 14.4 Å². The van der Waals surface area contributed by atoms with E-state index >= 15 is 9.59 Å². The van der Waals surface area contributed by atoms with Gasteiger partial charge in [0.05, 0.1) is 29.6 Å². The lowest BCUT2D eigenvalue weighted by atomic mass is 9.44. The van der Waals surface area contributed by atoms with Crippen molar-refractivity contribution in [3.63, 3.8) is 0 Å². The molecule has 1 amide bonds. The third-order valence-corrected chi connectivity index (χ3v) is 16.6. The maximum atomic E-state index is 15.8. The highest BCUT2D eigenvalue weighted by Gasteiger charge is 2.78. The Kier molecular flexibility index (Phi) is 17.7. The number of carboxylic acid groups (broad SMARTS) is 1. The number of esters is 5. The SMILES string of the molecule is CO[C@@H]1O[C@H](C(=O)O)[C@@H](O)[C@H](O)[C@H]1OCCCC(=O)O[C@@H](C(=O)O[C@H]1C[C@@]2(O)[C@@H](OC(=O)c3ccccc3)[C@@H]3[C@]4(OC(C)=O)CO[C@@H]4C[C@H](O)[C@@]3(C)C(=O)[C@H](OC(C)=O)C(=C1C)C2(C)C)[C@@H](NC(=O)c1ccccc1)c1ccccc1. The molecule has 81 heavy (non-hydrogen) atoms. The van der Waals surface area contributed by atoms with Gasteiger partial charge in [0.2, 0.25) is 6.10 Å². The second-order valence-corrected chi connectivity index (χ2v) is 21.7. The molecule has 0 aromatic heterocycles. The smallest absolute Gasteiger partial charge is 0.350 e. The fourth-order valence-corrected chi connectivity index (χ4v) is 12.3. The van der Waals surface area contributed by atoms with E-state index in [-0.39, 0.29) is 53.9 Å². The summed E-state index contributed by atoms with van der Waals surface area (Å²) in [5.74, 6) is -10.0. The summed E-state index contributed by atoms with van der Waals surface area (Å²) in [4.78, 5) is 112. The molecular formula is C58H67NO22. The quantitative estimate of drug-likeness (QED) is 0.0461. The zero-order valence-electron chi connectivity index (χ0n) is 45.6. The van der Waals surface area contributed by atoms with Gasteiger partial charge in [0, 0.05) is 57.8 Å². The number of amides is 1. The van der Waals surface area contributed by atoms with Crippen LogP contribution in [0.1, 0.15) is 99.5 Å². The number of aliphatic hydroxyl groups excluding tert-OH is 3. The molecule has 23 heteroatoms. The van der Waals surface area contributed by atoms with Gasteiger partial charge in [-0.2, -0.15) is 0 Å². The second-order valence-electron chi connectivity index (χ2n) is 21.7. The summed E-state index contributed by atoms with van der Waals surface area (Å²) in [5.41, 5.74) is -8.00. The van der Waals surface area contributed by atoms with Crippen LogP contribution < -0.4 is 5.32 Å². The van der Waals surface area contributed by atoms with Crippen LogP contribution in [0.25, 0.3) is 0 Å². The zero-order valence-corrected chi connectivity index (χ0v) is 45.6. The predicted octanol–water partition coefficient (Wildman–Crippen LogP) is 2.63. The molecule has 3 aromatic carbocycles. The van der Waals surface area contributed by atoms with Crippen molar-refractivity contribution in [2.75, 3.05) is 20.3 Å². The molecule has 2 bridgehead atoms. The van der Waals surface area contributed by atoms with Gasteiger partial charge in [-0.05, 0) is 61.2 Å². The first kappa shape index (κ1) is 60.1. The summed E-state index contributed by atoms with van der Waals surface area (Å²) in [7, 11) is 1.16. The first-order chi connectivity index (χ1) is 38.3. The number of fused-ring (bicyclic) bond motifs is 5. The van der Waals surface area contributed by atoms with E-state index in [2.05, 4.69) is 5.32 Å². The van der Waals surface area contributed by atoms with E-state index in [1.54, 1.807) is 66.7 Å². The molecule has 8 rings (SSSR count). The Bertz CT molecular complexity index is 2900. The maximum absolute atomic E-state index is 15.8. The molecule has 2 heterocycles. The van der Waals surface area contributed by atoms with Crippen molar-refractivity contribution in [2.45, 2.75) is 152 Å². The molecular weight excluding hydrogens is 1060 g/mol. The standard InChI is InChI=1S/C58H67NO22/c1-29-35(27-58(72)49(80-52(70)34-22-15-10-16-23-34)47-56(6,36(62)26-37-57(47,28-75-37)81-31(3)61)48(66)43(76-30(2)60)39(29)55(58,4)5)77-53(71)44(40(32-18-11-8-12-19-32)59-50(67)33-20-13-9-14-21-33)78-38(63)24-17-25-74-46-42(65)41(64)45(51(68)69)79-54(46)73-7/h8-16,18-23,35-37,40-47,49,54,62,64-65,72H,17,24-28H2,1-7H3,(H,59,67)(H,68,69)/t35-,36-,37+,40-,41-,42-,43+,44+,45-,46+,47-,49-,54+,56+,57-,58+/m0/s1. The van der Waals surface area contributed by atoms with Crippen LogP contribution >= 0.6 is 0 Å². The molecule has 4 fully saturated rings. The Labute approximate surface area is 465 Å². The van der Waals surface area contributed by atoms with Crippen LogP contribution in [0.3, 0.4) is 0 Å². The minimum absolute atomic E-state index is 0.00462. The molecule has 2 saturated heterocycles. The number of benzene rings is 3. The number of aliphatic hydroxyl groups is 4. The van der Waals surface area contributed by atoms with Crippen molar-refractivity contribution < 1.29 is 107 Å². The molecule has 16 atom stereocenters. The van der Waals surface area contributed by atoms with E-state index < -0.39 is 162 Å². The highest BCUT2D eigenvalue weighted by molar-refractivity contribution is 5.96. The van der Waals surface area contributed by atoms with Gasteiger partial charge in [0.1, 0.15) is 48.3 Å². The number of ether oxygens (including phenoxy) is 9. The Morgan fingerprint density at radius 3 is 2.00 bits per heavy atom. The molecule has 0 radical (unpaired) electrons. The Morgan fingerprint density at radius 1 is 0.815 bits per heavy atom. The number of methoxy groups -OCH3 is 1. The molecule has 3 aliphatic carbocycles. The minimum atomic E-state index is -2.54. The molecule has 2 aliphatic heterocycles. The van der Waals surface area contributed by atoms with Gasteiger partial charge < -0.3 is 73.5 Å². The summed E-state index contributed by atoms with van der Waals surface area (Å²) in [6.45, 7) is 7.29. The lowest BCUT2D eigenvalue weighted by Crippen LogP contribution is -2.82. The number of carboxylic acids is 1. The fraction of sp³-hybridized carbons (Fsp3) is 0.517. The molecule has 0 spiro atoms. The third-order valence-electron chi connectivity index (χ3n) is 16.6. The van der Waals surface area contributed by atoms with Crippen LogP contribution in [0.2, 0.25) is 0 Å².